The lowest BCUT2D eigenvalue weighted by Crippen LogP contribution is -2.37. The van der Waals surface area contributed by atoms with Gasteiger partial charge in [-0.05, 0) is 37.0 Å². The van der Waals surface area contributed by atoms with Gasteiger partial charge in [0, 0.05) is 19.3 Å². The number of carbonyl (C=O) groups is 2. The molecule has 0 aromatic heterocycles. The van der Waals surface area contributed by atoms with Gasteiger partial charge in [-0.3, -0.25) is 9.59 Å². The Morgan fingerprint density at radius 1 is 1.48 bits per heavy atom. The van der Waals surface area contributed by atoms with Gasteiger partial charge in [0.2, 0.25) is 11.8 Å². The minimum Gasteiger partial charge on any atom is -0.364 e. The first-order chi connectivity index (χ1) is 11.0. The van der Waals surface area contributed by atoms with Crippen molar-refractivity contribution < 1.29 is 14.3 Å². The second-order valence-electron chi connectivity index (χ2n) is 6.31. The molecule has 3 N–H and O–H groups in total. The molecule has 1 aromatic carbocycles. The fourth-order valence-electron chi connectivity index (χ4n) is 3.22. The van der Waals surface area contributed by atoms with Crippen molar-refractivity contribution in [3.8, 4) is 0 Å². The van der Waals surface area contributed by atoms with Crippen molar-refractivity contribution in [1.29, 1.82) is 0 Å². The van der Waals surface area contributed by atoms with Crippen molar-refractivity contribution in [2.45, 2.75) is 44.4 Å². The fraction of sp³-hybridized carbons (Fsp3) is 0.529. The van der Waals surface area contributed by atoms with Gasteiger partial charge >= 0.3 is 0 Å². The Hall–Kier alpha value is -1.92. The van der Waals surface area contributed by atoms with Crippen molar-refractivity contribution >= 4 is 17.5 Å². The first kappa shape index (κ1) is 16.0. The third-order valence-corrected chi connectivity index (χ3v) is 4.70. The number of benzene rings is 1. The minimum absolute atomic E-state index is 0.0115. The van der Waals surface area contributed by atoms with E-state index in [1.165, 1.54) is 0 Å². The minimum atomic E-state index is -0.409. The van der Waals surface area contributed by atoms with Crippen LogP contribution in [-0.2, 0) is 20.7 Å². The van der Waals surface area contributed by atoms with E-state index in [-0.39, 0.29) is 24.0 Å². The lowest BCUT2D eigenvalue weighted by atomic mass is 10.0. The summed E-state index contributed by atoms with van der Waals surface area (Å²) >= 11 is 0. The van der Waals surface area contributed by atoms with Gasteiger partial charge in [0.05, 0.1) is 18.6 Å². The molecule has 3 rings (SSSR count). The number of likely N-dealkylation sites (N-methyl/N-ethyl adjacent to an activating group) is 1. The molecule has 6 heteroatoms. The average Bonchev–Trinajstić information content (AvgIpc) is 3.12. The molecule has 2 aliphatic rings. The third kappa shape index (κ3) is 3.09. The van der Waals surface area contributed by atoms with Gasteiger partial charge in [-0.15, -0.1) is 0 Å². The van der Waals surface area contributed by atoms with E-state index in [0.717, 1.165) is 23.2 Å². The number of nitrogens with one attached hydrogen (secondary N) is 1. The van der Waals surface area contributed by atoms with Gasteiger partial charge < -0.3 is 20.7 Å². The van der Waals surface area contributed by atoms with E-state index in [2.05, 4.69) is 5.32 Å². The summed E-state index contributed by atoms with van der Waals surface area (Å²) in [4.78, 5) is 25.7. The maximum atomic E-state index is 12.3. The number of rotatable bonds is 4. The monoisotopic (exact) mass is 317 g/mol. The molecule has 1 saturated heterocycles. The average molecular weight is 317 g/mol. The van der Waals surface area contributed by atoms with Crippen molar-refractivity contribution in [3.05, 3.63) is 29.3 Å². The number of anilines is 1. The number of amides is 2. The molecular weight excluding hydrogens is 294 g/mol. The molecule has 2 amide bonds. The molecule has 6 nitrogen and oxygen atoms in total. The molecule has 0 bridgehead atoms. The maximum Gasteiger partial charge on any atom is 0.249 e. The molecule has 0 radical (unpaired) electrons. The highest BCUT2D eigenvalue weighted by Crippen LogP contribution is 2.30. The van der Waals surface area contributed by atoms with Gasteiger partial charge in [-0.2, -0.15) is 0 Å². The van der Waals surface area contributed by atoms with Crippen molar-refractivity contribution in [3.63, 3.8) is 0 Å². The molecule has 1 unspecified atom stereocenters. The van der Waals surface area contributed by atoms with Crippen LogP contribution in [0, 0.1) is 0 Å². The largest absolute Gasteiger partial charge is 0.364 e. The summed E-state index contributed by atoms with van der Waals surface area (Å²) in [6.07, 6.45) is 1.54. The highest BCUT2D eigenvalue weighted by molar-refractivity contribution is 6.00. The normalized spacial score (nSPS) is 24.7. The highest BCUT2D eigenvalue weighted by atomic mass is 16.5. The Labute approximate surface area is 136 Å². The Kier molecular flexibility index (Phi) is 4.37. The predicted molar refractivity (Wildman–Crippen MR) is 87.1 cm³/mol. The summed E-state index contributed by atoms with van der Waals surface area (Å²) in [5.41, 5.74) is 8.53. The standard InChI is InChI=1S/C17H23N3O3/c1-10(19-17(22)15-6-4-13(9-18)23-15)11-3-5-14-12(7-11)8-16(21)20(14)2/h3,5,7,10,13,15H,4,6,8-9,18H2,1-2H3,(H,19,22)/t10?,13-,15+/m1/s1. The van der Waals surface area contributed by atoms with Gasteiger partial charge in [0.15, 0.2) is 0 Å². The second kappa shape index (κ2) is 6.29. The van der Waals surface area contributed by atoms with E-state index in [9.17, 15) is 9.59 Å². The summed E-state index contributed by atoms with van der Waals surface area (Å²) in [5, 5.41) is 2.99. The zero-order valence-corrected chi connectivity index (χ0v) is 13.5. The molecule has 2 aliphatic heterocycles. The number of hydrogen-bond donors (Lipinski definition) is 2. The zero-order valence-electron chi connectivity index (χ0n) is 13.5. The van der Waals surface area contributed by atoms with E-state index < -0.39 is 6.10 Å². The smallest absolute Gasteiger partial charge is 0.249 e. The zero-order chi connectivity index (χ0) is 16.6. The Morgan fingerprint density at radius 2 is 2.26 bits per heavy atom. The summed E-state index contributed by atoms with van der Waals surface area (Å²) in [6.45, 7) is 2.39. The van der Waals surface area contributed by atoms with E-state index in [4.69, 9.17) is 10.5 Å². The molecule has 124 valence electrons. The van der Waals surface area contributed by atoms with Gasteiger partial charge in [-0.25, -0.2) is 0 Å². The Morgan fingerprint density at radius 3 is 2.96 bits per heavy atom. The number of nitrogens with two attached hydrogens (primary N) is 1. The molecule has 23 heavy (non-hydrogen) atoms. The second-order valence-corrected chi connectivity index (χ2v) is 6.31. The van der Waals surface area contributed by atoms with Crippen LogP contribution in [0.4, 0.5) is 5.69 Å². The quantitative estimate of drug-likeness (QED) is 0.864. The number of fused-ring (bicyclic) bond motifs is 1. The fourth-order valence-corrected chi connectivity index (χ4v) is 3.22. The van der Waals surface area contributed by atoms with Crippen LogP contribution in [0.1, 0.15) is 36.9 Å². The number of nitrogens with zero attached hydrogens (tertiary/aromatic N) is 1. The third-order valence-electron chi connectivity index (χ3n) is 4.70. The lowest BCUT2D eigenvalue weighted by Gasteiger charge is -2.19. The van der Waals surface area contributed by atoms with Crippen molar-refractivity contribution in [2.75, 3.05) is 18.5 Å². The first-order valence-electron chi connectivity index (χ1n) is 8.05. The number of carbonyl (C=O) groups excluding carboxylic acids is 2. The lowest BCUT2D eigenvalue weighted by molar-refractivity contribution is -0.132. The molecule has 1 fully saturated rings. The Bertz CT molecular complexity index is 632. The molecule has 0 saturated carbocycles. The topological polar surface area (TPSA) is 84.7 Å². The first-order valence-corrected chi connectivity index (χ1v) is 8.05. The van der Waals surface area contributed by atoms with Crippen LogP contribution < -0.4 is 16.0 Å². The summed E-state index contributed by atoms with van der Waals surface area (Å²) < 4.78 is 5.62. The number of hydrogen-bond acceptors (Lipinski definition) is 4. The van der Waals surface area contributed by atoms with Crippen LogP contribution in [0.2, 0.25) is 0 Å². The van der Waals surface area contributed by atoms with Gasteiger partial charge in [0.25, 0.3) is 0 Å². The molecule has 0 spiro atoms. The summed E-state index contributed by atoms with van der Waals surface area (Å²) in [7, 11) is 1.78. The van der Waals surface area contributed by atoms with Crippen molar-refractivity contribution in [2.24, 2.45) is 5.73 Å². The summed E-state index contributed by atoms with van der Waals surface area (Å²) in [5.74, 6) is 0.00293. The van der Waals surface area contributed by atoms with E-state index >= 15 is 0 Å². The van der Waals surface area contributed by atoms with E-state index in [1.807, 2.05) is 25.1 Å². The van der Waals surface area contributed by atoms with E-state index in [1.54, 1.807) is 11.9 Å². The molecular formula is C17H23N3O3. The van der Waals surface area contributed by atoms with E-state index in [0.29, 0.717) is 19.4 Å². The molecule has 1 aromatic rings. The van der Waals surface area contributed by atoms with Crippen LogP contribution in [0.25, 0.3) is 0 Å². The highest BCUT2D eigenvalue weighted by Gasteiger charge is 2.31. The predicted octanol–water partition coefficient (Wildman–Crippen LogP) is 0.889. The Balaban J connectivity index is 1.65. The molecule has 2 heterocycles. The van der Waals surface area contributed by atoms with Crippen LogP contribution in [0.3, 0.4) is 0 Å². The summed E-state index contributed by atoms with van der Waals surface area (Å²) in [6, 6.07) is 5.76. The van der Waals surface area contributed by atoms with Crippen LogP contribution in [0.5, 0.6) is 0 Å². The van der Waals surface area contributed by atoms with Gasteiger partial charge in [-0.1, -0.05) is 12.1 Å². The number of ether oxygens (including phenoxy) is 1. The van der Waals surface area contributed by atoms with Crippen molar-refractivity contribution in [1.82, 2.24) is 5.32 Å². The van der Waals surface area contributed by atoms with Crippen LogP contribution >= 0.6 is 0 Å². The molecule has 0 aliphatic carbocycles. The van der Waals surface area contributed by atoms with Crippen LogP contribution in [0.15, 0.2) is 18.2 Å². The maximum absolute atomic E-state index is 12.3. The SMILES string of the molecule is CC(NC(=O)[C@@H]1CC[C@H](CN)O1)c1ccc2c(c1)CC(=O)N2C. The molecule has 3 atom stereocenters. The van der Waals surface area contributed by atoms with Gasteiger partial charge in [0.1, 0.15) is 6.10 Å². The van der Waals surface area contributed by atoms with Crippen LogP contribution in [-0.4, -0.2) is 37.6 Å².